The number of nitrogens with one attached hydrogen (secondary N) is 3. The fourth-order valence-electron chi connectivity index (χ4n) is 3.58. The molecule has 1 aromatic carbocycles. The van der Waals surface area contributed by atoms with Crippen molar-refractivity contribution < 1.29 is 9.53 Å². The molecule has 1 amide bonds. The molecule has 0 unspecified atom stereocenters. The molecule has 30 heavy (non-hydrogen) atoms. The third-order valence-electron chi connectivity index (χ3n) is 5.22. The Balaban J connectivity index is 1.53. The van der Waals surface area contributed by atoms with Gasteiger partial charge >= 0.3 is 0 Å². The van der Waals surface area contributed by atoms with Crippen LogP contribution < -0.4 is 15.6 Å². The molecule has 1 aliphatic heterocycles. The second-order valence-corrected chi connectivity index (χ2v) is 7.71. The lowest BCUT2D eigenvalue weighted by Crippen LogP contribution is -2.47. The van der Waals surface area contributed by atoms with Crippen LogP contribution in [0.2, 0.25) is 0 Å². The fourth-order valence-corrected chi connectivity index (χ4v) is 3.58. The zero-order chi connectivity index (χ0) is 21.1. The number of fused-ring (bicyclic) bond motifs is 1. The topological polar surface area (TPSA) is 116 Å². The lowest BCUT2D eigenvalue weighted by molar-refractivity contribution is -0.133. The van der Waals surface area contributed by atoms with E-state index in [1.807, 2.05) is 38.1 Å². The van der Waals surface area contributed by atoms with Gasteiger partial charge in [0.15, 0.2) is 12.1 Å². The number of carbonyl (C=O) groups excluding carboxylic acids is 1. The Morgan fingerprint density at radius 1 is 1.20 bits per heavy atom. The molecule has 1 saturated heterocycles. The number of ether oxygens (including phenoxy) is 1. The average Bonchev–Trinajstić information content (AvgIpc) is 3.18. The Hall–Kier alpha value is -3.20. The van der Waals surface area contributed by atoms with Crippen LogP contribution in [0.3, 0.4) is 0 Å². The van der Waals surface area contributed by atoms with Crippen molar-refractivity contribution in [2.24, 2.45) is 0 Å². The summed E-state index contributed by atoms with van der Waals surface area (Å²) in [6.45, 7) is 7.02. The standard InChI is InChI=1S/C21H26N6O3/c1-13(2)18-19-20(26-25-18)21(29)24-16(23-19)11-14-5-3-4-6-15(14)30-12-17(28)27-9-7-22-8-10-27/h3-6,13,22H,7-12H2,1-2H3,(H,25,26)(H,23,24,29). The molecule has 3 aromatic rings. The van der Waals surface area contributed by atoms with Crippen molar-refractivity contribution in [1.29, 1.82) is 0 Å². The monoisotopic (exact) mass is 410 g/mol. The van der Waals surface area contributed by atoms with Crippen molar-refractivity contribution in [2.45, 2.75) is 26.2 Å². The molecule has 4 rings (SSSR count). The Morgan fingerprint density at radius 2 is 1.97 bits per heavy atom. The van der Waals surface area contributed by atoms with Gasteiger partial charge in [0.05, 0.1) is 5.69 Å². The number of benzene rings is 1. The number of carbonyl (C=O) groups is 1. The molecule has 0 bridgehead atoms. The van der Waals surface area contributed by atoms with Crippen LogP contribution in [0, 0.1) is 0 Å². The molecule has 158 valence electrons. The Labute approximate surface area is 173 Å². The minimum absolute atomic E-state index is 0.0147. The summed E-state index contributed by atoms with van der Waals surface area (Å²) >= 11 is 0. The lowest BCUT2D eigenvalue weighted by Gasteiger charge is -2.27. The smallest absolute Gasteiger partial charge is 0.279 e. The molecule has 3 heterocycles. The molecule has 3 N–H and O–H groups in total. The quantitative estimate of drug-likeness (QED) is 0.562. The summed E-state index contributed by atoms with van der Waals surface area (Å²) < 4.78 is 5.84. The normalized spacial score (nSPS) is 14.4. The molecule has 0 atom stereocenters. The van der Waals surface area contributed by atoms with Crippen molar-refractivity contribution in [3.05, 3.63) is 51.7 Å². The van der Waals surface area contributed by atoms with Gasteiger partial charge in [-0.2, -0.15) is 5.10 Å². The van der Waals surface area contributed by atoms with Crippen LogP contribution in [-0.2, 0) is 11.2 Å². The zero-order valence-corrected chi connectivity index (χ0v) is 17.2. The number of para-hydroxylation sites is 1. The lowest BCUT2D eigenvalue weighted by atomic mass is 10.1. The van der Waals surface area contributed by atoms with E-state index in [-0.39, 0.29) is 24.0 Å². The van der Waals surface area contributed by atoms with Crippen LogP contribution >= 0.6 is 0 Å². The first-order valence-electron chi connectivity index (χ1n) is 10.2. The van der Waals surface area contributed by atoms with Crippen LogP contribution in [0.15, 0.2) is 29.1 Å². The van der Waals surface area contributed by atoms with E-state index in [0.717, 1.165) is 24.3 Å². The van der Waals surface area contributed by atoms with E-state index >= 15 is 0 Å². The molecule has 1 fully saturated rings. The molecule has 9 nitrogen and oxygen atoms in total. The largest absolute Gasteiger partial charge is 0.483 e. The van der Waals surface area contributed by atoms with Gasteiger partial charge in [-0.1, -0.05) is 32.0 Å². The second kappa shape index (κ2) is 8.66. The highest BCUT2D eigenvalue weighted by Crippen LogP contribution is 2.22. The number of aromatic amines is 2. The summed E-state index contributed by atoms with van der Waals surface area (Å²) in [6, 6.07) is 7.50. The highest BCUT2D eigenvalue weighted by atomic mass is 16.5. The highest BCUT2D eigenvalue weighted by Gasteiger charge is 2.18. The fraction of sp³-hybridized carbons (Fsp3) is 0.429. The summed E-state index contributed by atoms with van der Waals surface area (Å²) in [6.07, 6.45) is 0.381. The number of amides is 1. The molecule has 0 saturated carbocycles. The van der Waals surface area contributed by atoms with Gasteiger partial charge in [-0.05, 0) is 12.0 Å². The van der Waals surface area contributed by atoms with Gasteiger partial charge in [-0.15, -0.1) is 0 Å². The molecule has 0 aliphatic carbocycles. The van der Waals surface area contributed by atoms with Gasteiger partial charge in [-0.3, -0.25) is 14.7 Å². The number of rotatable bonds is 6. The number of piperazine rings is 1. The number of aromatic nitrogens is 4. The van der Waals surface area contributed by atoms with E-state index in [9.17, 15) is 9.59 Å². The Kier molecular flexibility index (Phi) is 5.80. The molecular formula is C21H26N6O3. The summed E-state index contributed by atoms with van der Waals surface area (Å²) in [5, 5.41) is 10.2. The summed E-state index contributed by atoms with van der Waals surface area (Å²) in [4.78, 5) is 34.1. The first kappa shape index (κ1) is 20.1. The summed E-state index contributed by atoms with van der Waals surface area (Å²) in [5.41, 5.74) is 2.32. The maximum atomic E-state index is 12.4. The number of hydrogen-bond acceptors (Lipinski definition) is 6. The van der Waals surface area contributed by atoms with Crippen molar-refractivity contribution in [2.75, 3.05) is 32.8 Å². The van der Waals surface area contributed by atoms with Crippen molar-refractivity contribution in [3.8, 4) is 5.75 Å². The predicted molar refractivity (Wildman–Crippen MR) is 113 cm³/mol. The van der Waals surface area contributed by atoms with Gasteiger partial charge < -0.3 is 19.9 Å². The molecular weight excluding hydrogens is 384 g/mol. The van der Waals surface area contributed by atoms with E-state index < -0.39 is 0 Å². The van der Waals surface area contributed by atoms with E-state index in [1.54, 1.807) is 4.90 Å². The van der Waals surface area contributed by atoms with Gasteiger partial charge in [0.2, 0.25) is 0 Å². The van der Waals surface area contributed by atoms with Gasteiger partial charge in [0.1, 0.15) is 17.1 Å². The van der Waals surface area contributed by atoms with Gasteiger partial charge in [0.25, 0.3) is 11.5 Å². The second-order valence-electron chi connectivity index (χ2n) is 7.71. The van der Waals surface area contributed by atoms with Crippen molar-refractivity contribution in [1.82, 2.24) is 30.4 Å². The molecule has 1 aliphatic rings. The zero-order valence-electron chi connectivity index (χ0n) is 17.2. The average molecular weight is 410 g/mol. The molecule has 0 spiro atoms. The minimum Gasteiger partial charge on any atom is -0.483 e. The minimum atomic E-state index is -0.273. The Bertz CT molecular complexity index is 1100. The maximum absolute atomic E-state index is 12.4. The van der Waals surface area contributed by atoms with Crippen LogP contribution in [0.1, 0.15) is 36.8 Å². The number of nitrogens with zero attached hydrogens (tertiary/aromatic N) is 3. The van der Waals surface area contributed by atoms with Crippen LogP contribution in [-0.4, -0.2) is 63.8 Å². The number of hydrogen-bond donors (Lipinski definition) is 3. The molecule has 2 aromatic heterocycles. The maximum Gasteiger partial charge on any atom is 0.279 e. The van der Waals surface area contributed by atoms with Crippen molar-refractivity contribution >= 4 is 16.9 Å². The SMILES string of the molecule is CC(C)c1[nH]nc2c(=O)[nH]c(Cc3ccccc3OCC(=O)N3CCNCC3)nc12. The van der Waals surface area contributed by atoms with Gasteiger partial charge in [-0.25, -0.2) is 4.98 Å². The number of H-pyrrole nitrogens is 2. The third-order valence-corrected chi connectivity index (χ3v) is 5.22. The molecule has 9 heteroatoms. The van der Waals surface area contributed by atoms with Crippen LogP contribution in [0.4, 0.5) is 0 Å². The van der Waals surface area contributed by atoms with Crippen molar-refractivity contribution in [3.63, 3.8) is 0 Å². The first-order chi connectivity index (χ1) is 14.5. The van der Waals surface area contributed by atoms with E-state index in [1.165, 1.54) is 0 Å². The van der Waals surface area contributed by atoms with Crippen LogP contribution in [0.5, 0.6) is 5.75 Å². The van der Waals surface area contributed by atoms with E-state index in [0.29, 0.717) is 42.1 Å². The first-order valence-corrected chi connectivity index (χ1v) is 10.2. The van der Waals surface area contributed by atoms with Crippen LogP contribution in [0.25, 0.3) is 11.0 Å². The summed E-state index contributed by atoms with van der Waals surface area (Å²) in [5.74, 6) is 1.28. The van der Waals surface area contributed by atoms with E-state index in [2.05, 4.69) is 25.5 Å². The summed E-state index contributed by atoms with van der Waals surface area (Å²) in [7, 11) is 0. The van der Waals surface area contributed by atoms with E-state index in [4.69, 9.17) is 4.74 Å². The third kappa shape index (κ3) is 4.20. The van der Waals surface area contributed by atoms with Gasteiger partial charge in [0, 0.05) is 38.2 Å². The molecule has 0 radical (unpaired) electrons. The predicted octanol–water partition coefficient (Wildman–Crippen LogP) is 1.17. The Morgan fingerprint density at radius 3 is 2.73 bits per heavy atom. The highest BCUT2D eigenvalue weighted by molar-refractivity contribution is 5.78.